The standard InChI is InChI=1S/C11H5F3N4O2/c12-11(13,14)8-2-1-7(4-16-8)18-5-6(3-15)9(19)17-10(18)20/h1-2,4-5H,(H,17,19,20). The molecular formula is C11H5F3N4O2. The predicted molar refractivity (Wildman–Crippen MR) is 60.2 cm³/mol. The molecule has 0 unspecified atom stereocenters. The highest BCUT2D eigenvalue weighted by Crippen LogP contribution is 2.27. The van der Waals surface area contributed by atoms with Gasteiger partial charge in [0.15, 0.2) is 0 Å². The summed E-state index contributed by atoms with van der Waals surface area (Å²) in [7, 11) is 0. The number of halogens is 3. The third-order valence-corrected chi connectivity index (χ3v) is 2.38. The number of nitriles is 1. The van der Waals surface area contributed by atoms with Crippen LogP contribution in [0.3, 0.4) is 0 Å². The van der Waals surface area contributed by atoms with Crippen LogP contribution in [0.2, 0.25) is 0 Å². The molecule has 0 saturated carbocycles. The molecule has 0 aliphatic carbocycles. The first kappa shape index (κ1) is 13.5. The number of H-pyrrole nitrogens is 1. The van der Waals surface area contributed by atoms with E-state index >= 15 is 0 Å². The van der Waals surface area contributed by atoms with E-state index in [1.165, 1.54) is 0 Å². The average Bonchev–Trinajstić information content (AvgIpc) is 2.38. The van der Waals surface area contributed by atoms with Gasteiger partial charge in [0.1, 0.15) is 17.3 Å². The lowest BCUT2D eigenvalue weighted by atomic mass is 10.3. The number of rotatable bonds is 1. The highest BCUT2D eigenvalue weighted by atomic mass is 19.4. The molecule has 0 aromatic carbocycles. The van der Waals surface area contributed by atoms with Crippen LogP contribution < -0.4 is 11.2 Å². The zero-order chi connectivity index (χ0) is 14.9. The van der Waals surface area contributed by atoms with Crippen LogP contribution in [0.15, 0.2) is 34.1 Å². The zero-order valence-corrected chi connectivity index (χ0v) is 9.60. The summed E-state index contributed by atoms with van der Waals surface area (Å²) in [4.78, 5) is 27.8. The molecule has 1 N–H and O–H groups in total. The SMILES string of the molecule is N#Cc1cn(-c2ccc(C(F)(F)F)nc2)c(=O)[nH]c1=O. The molecule has 6 nitrogen and oxygen atoms in total. The van der Waals surface area contributed by atoms with Crippen LogP contribution in [-0.4, -0.2) is 14.5 Å². The Labute approximate surface area is 108 Å². The molecule has 0 radical (unpaired) electrons. The van der Waals surface area contributed by atoms with Gasteiger partial charge in [-0.05, 0) is 12.1 Å². The van der Waals surface area contributed by atoms with Crippen LogP contribution in [0.5, 0.6) is 0 Å². The Kier molecular flexibility index (Phi) is 3.15. The second-order valence-corrected chi connectivity index (χ2v) is 3.68. The van der Waals surface area contributed by atoms with E-state index in [1.807, 2.05) is 4.98 Å². The van der Waals surface area contributed by atoms with Crippen LogP contribution in [0, 0.1) is 11.3 Å². The lowest BCUT2D eigenvalue weighted by Crippen LogP contribution is -2.30. The summed E-state index contributed by atoms with van der Waals surface area (Å²) in [6, 6.07) is 3.27. The van der Waals surface area contributed by atoms with Crippen LogP contribution >= 0.6 is 0 Å². The zero-order valence-electron chi connectivity index (χ0n) is 9.60. The number of nitrogens with one attached hydrogen (secondary N) is 1. The van der Waals surface area contributed by atoms with Crippen LogP contribution in [0.4, 0.5) is 13.2 Å². The first-order chi connectivity index (χ1) is 9.32. The van der Waals surface area contributed by atoms with Crippen LogP contribution in [0.25, 0.3) is 5.69 Å². The fraction of sp³-hybridized carbons (Fsp3) is 0.0909. The van der Waals surface area contributed by atoms with E-state index in [0.717, 1.165) is 23.0 Å². The molecule has 102 valence electrons. The predicted octanol–water partition coefficient (Wildman–Crippen LogP) is 0.811. The van der Waals surface area contributed by atoms with Gasteiger partial charge in [-0.25, -0.2) is 9.78 Å². The van der Waals surface area contributed by atoms with E-state index < -0.39 is 23.1 Å². The Balaban J connectivity index is 2.56. The van der Waals surface area contributed by atoms with Gasteiger partial charge in [-0.1, -0.05) is 0 Å². The number of pyridine rings is 1. The van der Waals surface area contributed by atoms with Crippen LogP contribution in [0.1, 0.15) is 11.3 Å². The summed E-state index contributed by atoms with van der Waals surface area (Å²) in [5.74, 6) is 0. The van der Waals surface area contributed by atoms with Crippen molar-refractivity contribution in [2.75, 3.05) is 0 Å². The van der Waals surface area contributed by atoms with E-state index in [2.05, 4.69) is 4.98 Å². The van der Waals surface area contributed by atoms with E-state index in [0.29, 0.717) is 6.07 Å². The van der Waals surface area contributed by atoms with Crippen molar-refractivity contribution >= 4 is 0 Å². The molecule has 2 aromatic heterocycles. The molecule has 0 aliphatic rings. The number of hydrogen-bond acceptors (Lipinski definition) is 4. The number of nitrogens with zero attached hydrogens (tertiary/aromatic N) is 3. The molecule has 0 spiro atoms. The fourth-order valence-electron chi connectivity index (χ4n) is 1.44. The minimum Gasteiger partial charge on any atom is -0.273 e. The summed E-state index contributed by atoms with van der Waals surface area (Å²) < 4.78 is 37.9. The second kappa shape index (κ2) is 4.65. The van der Waals surface area contributed by atoms with Gasteiger partial charge in [0, 0.05) is 6.20 Å². The minimum absolute atomic E-state index is 0.00394. The van der Waals surface area contributed by atoms with Crippen molar-refractivity contribution in [3.8, 4) is 11.8 Å². The highest BCUT2D eigenvalue weighted by molar-refractivity contribution is 5.33. The lowest BCUT2D eigenvalue weighted by Gasteiger charge is -2.08. The maximum Gasteiger partial charge on any atom is 0.433 e. The molecule has 2 rings (SSSR count). The van der Waals surface area contributed by atoms with E-state index in [9.17, 15) is 22.8 Å². The number of alkyl halides is 3. The Morgan fingerprint density at radius 1 is 1.30 bits per heavy atom. The summed E-state index contributed by atoms with van der Waals surface area (Å²) >= 11 is 0. The minimum atomic E-state index is -4.59. The van der Waals surface area contributed by atoms with Gasteiger partial charge in [0.25, 0.3) is 5.56 Å². The van der Waals surface area contributed by atoms with Crippen molar-refractivity contribution in [3.05, 3.63) is 56.6 Å². The molecule has 0 atom stereocenters. The maximum atomic E-state index is 12.4. The van der Waals surface area contributed by atoms with Crippen molar-refractivity contribution in [1.82, 2.24) is 14.5 Å². The van der Waals surface area contributed by atoms with Crippen molar-refractivity contribution < 1.29 is 13.2 Å². The summed E-state index contributed by atoms with van der Waals surface area (Å²) in [5, 5.41) is 8.68. The van der Waals surface area contributed by atoms with Gasteiger partial charge in [-0.2, -0.15) is 18.4 Å². The Bertz CT molecular complexity index is 797. The molecule has 20 heavy (non-hydrogen) atoms. The lowest BCUT2D eigenvalue weighted by molar-refractivity contribution is -0.141. The van der Waals surface area contributed by atoms with E-state index in [1.54, 1.807) is 6.07 Å². The Morgan fingerprint density at radius 2 is 2.00 bits per heavy atom. The summed E-state index contributed by atoms with van der Waals surface area (Å²) in [6.07, 6.45) is -2.83. The highest BCUT2D eigenvalue weighted by Gasteiger charge is 2.32. The topological polar surface area (TPSA) is 91.5 Å². The van der Waals surface area contributed by atoms with Crippen molar-refractivity contribution in [2.24, 2.45) is 0 Å². The maximum absolute atomic E-state index is 12.4. The molecule has 0 amide bonds. The molecule has 0 fully saturated rings. The van der Waals surface area contributed by atoms with Gasteiger partial charge in [-0.3, -0.25) is 14.3 Å². The Hall–Kier alpha value is -2.89. The molecule has 0 saturated heterocycles. The van der Waals surface area contributed by atoms with Gasteiger partial charge in [-0.15, -0.1) is 0 Å². The smallest absolute Gasteiger partial charge is 0.273 e. The van der Waals surface area contributed by atoms with Gasteiger partial charge in [0.2, 0.25) is 0 Å². The van der Waals surface area contributed by atoms with Crippen molar-refractivity contribution in [2.45, 2.75) is 6.18 Å². The molecule has 2 aromatic rings. The first-order valence-electron chi connectivity index (χ1n) is 5.12. The molecule has 0 aliphatic heterocycles. The third-order valence-electron chi connectivity index (χ3n) is 2.38. The largest absolute Gasteiger partial charge is 0.433 e. The van der Waals surface area contributed by atoms with E-state index in [4.69, 9.17) is 5.26 Å². The Morgan fingerprint density at radius 3 is 2.50 bits per heavy atom. The molecular weight excluding hydrogens is 277 g/mol. The van der Waals surface area contributed by atoms with Crippen LogP contribution in [-0.2, 0) is 6.18 Å². The monoisotopic (exact) mass is 282 g/mol. The van der Waals surface area contributed by atoms with Gasteiger partial charge in [0.05, 0.1) is 11.9 Å². The normalized spacial score (nSPS) is 11.1. The summed E-state index contributed by atoms with van der Waals surface area (Å²) in [5.41, 5.74) is -3.20. The van der Waals surface area contributed by atoms with E-state index in [-0.39, 0.29) is 11.3 Å². The molecule has 0 bridgehead atoms. The third kappa shape index (κ3) is 2.44. The van der Waals surface area contributed by atoms with Gasteiger partial charge >= 0.3 is 11.9 Å². The number of aromatic amines is 1. The van der Waals surface area contributed by atoms with Crippen molar-refractivity contribution in [1.29, 1.82) is 5.26 Å². The fourth-order valence-corrected chi connectivity index (χ4v) is 1.44. The molecule has 9 heteroatoms. The van der Waals surface area contributed by atoms with Crippen molar-refractivity contribution in [3.63, 3.8) is 0 Å². The average molecular weight is 282 g/mol. The number of hydrogen-bond donors (Lipinski definition) is 1. The summed E-state index contributed by atoms with van der Waals surface area (Å²) in [6.45, 7) is 0. The van der Waals surface area contributed by atoms with Gasteiger partial charge < -0.3 is 0 Å². The number of aromatic nitrogens is 3. The quantitative estimate of drug-likeness (QED) is 0.837. The molecule has 2 heterocycles. The second-order valence-electron chi connectivity index (χ2n) is 3.68. The first-order valence-corrected chi connectivity index (χ1v) is 5.12.